The molecule has 4 nitrogen and oxygen atoms in total. The Morgan fingerprint density at radius 1 is 1.47 bits per heavy atom. The van der Waals surface area contributed by atoms with E-state index in [1.54, 1.807) is 0 Å². The number of anilines is 1. The third-order valence-electron chi connectivity index (χ3n) is 3.23. The van der Waals surface area contributed by atoms with Crippen LogP contribution in [0.25, 0.3) is 0 Å². The Labute approximate surface area is 102 Å². The quantitative estimate of drug-likeness (QED) is 0.819. The summed E-state index contributed by atoms with van der Waals surface area (Å²) in [7, 11) is 0. The van der Waals surface area contributed by atoms with Crippen molar-refractivity contribution in [3.8, 4) is 0 Å². The molecule has 17 heavy (non-hydrogen) atoms. The van der Waals surface area contributed by atoms with Gasteiger partial charge in [0.1, 0.15) is 5.82 Å². The molecular weight excluding hydrogens is 214 g/mol. The second-order valence-corrected chi connectivity index (χ2v) is 4.78. The third kappa shape index (κ3) is 3.27. The minimum absolute atomic E-state index is 0.0427. The second kappa shape index (κ2) is 5.27. The van der Waals surface area contributed by atoms with Gasteiger partial charge in [-0.15, -0.1) is 0 Å². The molecule has 1 aliphatic carbocycles. The fourth-order valence-corrected chi connectivity index (χ4v) is 2.31. The zero-order valence-electron chi connectivity index (χ0n) is 10.1. The van der Waals surface area contributed by atoms with Gasteiger partial charge in [-0.05, 0) is 38.3 Å². The molecule has 2 unspecified atom stereocenters. The molecule has 1 heterocycles. The summed E-state index contributed by atoms with van der Waals surface area (Å²) < 4.78 is 0. The van der Waals surface area contributed by atoms with Gasteiger partial charge in [0, 0.05) is 17.7 Å². The minimum atomic E-state index is 0.0427. The van der Waals surface area contributed by atoms with Gasteiger partial charge in [0.15, 0.2) is 0 Å². The molecule has 1 aromatic heterocycles. The van der Waals surface area contributed by atoms with Crippen LogP contribution in [-0.2, 0) is 4.79 Å². The normalized spacial score (nSPS) is 24.4. The van der Waals surface area contributed by atoms with E-state index in [4.69, 9.17) is 5.73 Å². The Morgan fingerprint density at radius 2 is 2.29 bits per heavy atom. The van der Waals surface area contributed by atoms with E-state index >= 15 is 0 Å². The number of rotatable bonds is 2. The summed E-state index contributed by atoms with van der Waals surface area (Å²) in [4.78, 5) is 16.3. The van der Waals surface area contributed by atoms with E-state index in [0.29, 0.717) is 5.82 Å². The van der Waals surface area contributed by atoms with E-state index in [-0.39, 0.29) is 17.9 Å². The first-order chi connectivity index (χ1) is 8.15. The van der Waals surface area contributed by atoms with Gasteiger partial charge in [0.25, 0.3) is 0 Å². The van der Waals surface area contributed by atoms with Gasteiger partial charge in [-0.1, -0.05) is 12.5 Å². The lowest BCUT2D eigenvalue weighted by atomic mass is 9.85. The smallest absolute Gasteiger partial charge is 0.228 e. The summed E-state index contributed by atoms with van der Waals surface area (Å²) in [5.41, 5.74) is 6.79. The predicted molar refractivity (Wildman–Crippen MR) is 67.5 cm³/mol. The zero-order valence-corrected chi connectivity index (χ0v) is 10.1. The third-order valence-corrected chi connectivity index (χ3v) is 3.23. The molecule has 1 aromatic rings. The predicted octanol–water partition coefficient (Wildman–Crippen LogP) is 1.85. The summed E-state index contributed by atoms with van der Waals surface area (Å²) >= 11 is 0. The SMILES string of the molecule is Cc1cccc(NC(=O)C2CCCC(N)C2)n1. The molecule has 0 saturated heterocycles. The number of aromatic nitrogens is 1. The van der Waals surface area contributed by atoms with Crippen LogP contribution in [0.1, 0.15) is 31.4 Å². The van der Waals surface area contributed by atoms with Crippen LogP contribution in [0.5, 0.6) is 0 Å². The van der Waals surface area contributed by atoms with Crippen LogP contribution in [0.3, 0.4) is 0 Å². The van der Waals surface area contributed by atoms with Crippen LogP contribution >= 0.6 is 0 Å². The summed E-state index contributed by atoms with van der Waals surface area (Å²) in [6.07, 6.45) is 3.80. The van der Waals surface area contributed by atoms with Gasteiger partial charge in [0.05, 0.1) is 0 Å². The fraction of sp³-hybridized carbons (Fsp3) is 0.538. The van der Waals surface area contributed by atoms with Gasteiger partial charge >= 0.3 is 0 Å². The highest BCUT2D eigenvalue weighted by atomic mass is 16.1. The number of aryl methyl sites for hydroxylation is 1. The summed E-state index contributed by atoms with van der Waals surface area (Å²) in [5.74, 6) is 0.730. The molecule has 0 spiro atoms. The summed E-state index contributed by atoms with van der Waals surface area (Å²) in [6, 6.07) is 5.79. The first kappa shape index (κ1) is 12.0. The Morgan fingerprint density at radius 3 is 3.00 bits per heavy atom. The van der Waals surface area contributed by atoms with Gasteiger partial charge in [0.2, 0.25) is 5.91 Å². The highest BCUT2D eigenvalue weighted by molar-refractivity contribution is 5.91. The molecule has 4 heteroatoms. The lowest BCUT2D eigenvalue weighted by Crippen LogP contribution is -2.34. The van der Waals surface area contributed by atoms with Crippen molar-refractivity contribution >= 4 is 11.7 Å². The largest absolute Gasteiger partial charge is 0.328 e. The highest BCUT2D eigenvalue weighted by Gasteiger charge is 2.25. The fourth-order valence-electron chi connectivity index (χ4n) is 2.31. The van der Waals surface area contributed by atoms with E-state index in [9.17, 15) is 4.79 Å². The molecule has 1 fully saturated rings. The first-order valence-electron chi connectivity index (χ1n) is 6.15. The summed E-state index contributed by atoms with van der Waals surface area (Å²) in [6.45, 7) is 1.91. The number of nitrogens with two attached hydrogens (primary N) is 1. The van der Waals surface area contributed by atoms with Crippen LogP contribution in [0.15, 0.2) is 18.2 Å². The van der Waals surface area contributed by atoms with Crippen LogP contribution in [0.4, 0.5) is 5.82 Å². The van der Waals surface area contributed by atoms with Gasteiger partial charge < -0.3 is 11.1 Å². The number of carbonyl (C=O) groups is 1. The van der Waals surface area contributed by atoms with E-state index in [1.807, 2.05) is 25.1 Å². The van der Waals surface area contributed by atoms with Crippen LogP contribution < -0.4 is 11.1 Å². The molecule has 1 aliphatic rings. The average Bonchev–Trinajstić information content (AvgIpc) is 2.29. The van der Waals surface area contributed by atoms with Crippen molar-refractivity contribution in [2.45, 2.75) is 38.6 Å². The molecule has 0 aromatic carbocycles. The van der Waals surface area contributed by atoms with Crippen molar-refractivity contribution in [2.75, 3.05) is 5.32 Å². The molecular formula is C13H19N3O. The molecule has 1 saturated carbocycles. The van der Waals surface area contributed by atoms with Crippen molar-refractivity contribution < 1.29 is 4.79 Å². The van der Waals surface area contributed by atoms with E-state index in [1.165, 1.54) is 0 Å². The van der Waals surface area contributed by atoms with Crippen molar-refractivity contribution in [1.29, 1.82) is 0 Å². The maximum absolute atomic E-state index is 12.0. The van der Waals surface area contributed by atoms with Crippen LogP contribution in [0, 0.1) is 12.8 Å². The number of carbonyl (C=O) groups excluding carboxylic acids is 1. The average molecular weight is 233 g/mol. The number of pyridine rings is 1. The minimum Gasteiger partial charge on any atom is -0.328 e. The number of hydrogen-bond acceptors (Lipinski definition) is 3. The number of hydrogen-bond donors (Lipinski definition) is 2. The number of amides is 1. The second-order valence-electron chi connectivity index (χ2n) is 4.78. The summed E-state index contributed by atoms with van der Waals surface area (Å²) in [5, 5.41) is 2.87. The van der Waals surface area contributed by atoms with Gasteiger partial charge in [-0.3, -0.25) is 4.79 Å². The van der Waals surface area contributed by atoms with Crippen molar-refractivity contribution in [3.63, 3.8) is 0 Å². The molecule has 0 radical (unpaired) electrons. The van der Waals surface area contributed by atoms with Gasteiger partial charge in [-0.25, -0.2) is 4.98 Å². The Balaban J connectivity index is 1.96. The molecule has 3 N–H and O–H groups in total. The van der Waals surface area contributed by atoms with Gasteiger partial charge in [-0.2, -0.15) is 0 Å². The van der Waals surface area contributed by atoms with Crippen LogP contribution in [-0.4, -0.2) is 16.9 Å². The monoisotopic (exact) mass is 233 g/mol. The molecule has 2 rings (SSSR count). The van der Waals surface area contributed by atoms with Crippen molar-refractivity contribution in [2.24, 2.45) is 11.7 Å². The van der Waals surface area contributed by atoms with Crippen LogP contribution in [0.2, 0.25) is 0 Å². The molecule has 0 bridgehead atoms. The standard InChI is InChI=1S/C13H19N3O/c1-9-4-2-7-12(15-9)16-13(17)10-5-3-6-11(14)8-10/h2,4,7,10-11H,3,5-6,8,14H2,1H3,(H,15,16,17). The topological polar surface area (TPSA) is 68.0 Å². The molecule has 2 atom stereocenters. The molecule has 0 aliphatic heterocycles. The Bertz CT molecular complexity index is 405. The Hall–Kier alpha value is -1.42. The van der Waals surface area contributed by atoms with Crippen molar-refractivity contribution in [3.05, 3.63) is 23.9 Å². The maximum Gasteiger partial charge on any atom is 0.228 e. The number of nitrogens with one attached hydrogen (secondary N) is 1. The lowest BCUT2D eigenvalue weighted by molar-refractivity contribution is -0.120. The molecule has 1 amide bonds. The molecule has 92 valence electrons. The highest BCUT2D eigenvalue weighted by Crippen LogP contribution is 2.24. The van der Waals surface area contributed by atoms with Crippen molar-refractivity contribution in [1.82, 2.24) is 4.98 Å². The number of nitrogens with zero attached hydrogens (tertiary/aromatic N) is 1. The van der Waals surface area contributed by atoms with E-state index < -0.39 is 0 Å². The first-order valence-corrected chi connectivity index (χ1v) is 6.15. The Kier molecular flexibility index (Phi) is 3.74. The van der Waals surface area contributed by atoms with E-state index in [2.05, 4.69) is 10.3 Å². The zero-order chi connectivity index (χ0) is 12.3. The maximum atomic E-state index is 12.0. The van der Waals surface area contributed by atoms with E-state index in [0.717, 1.165) is 31.4 Å². The lowest BCUT2D eigenvalue weighted by Gasteiger charge is -2.25.